The molecule has 26 heavy (non-hydrogen) atoms. The van der Waals surface area contributed by atoms with Gasteiger partial charge in [-0.2, -0.15) is 0 Å². The molecule has 1 aliphatic carbocycles. The molecular formula is C22H23FN2O. The Labute approximate surface area is 153 Å². The van der Waals surface area contributed by atoms with Crippen molar-refractivity contribution < 1.29 is 9.13 Å². The number of halogens is 1. The maximum Gasteiger partial charge on any atom is 0.123 e. The number of pyridine rings is 1. The normalized spacial score (nSPS) is 13.9. The molecule has 1 heterocycles. The average Bonchev–Trinajstić information content (AvgIpc) is 3.46. The Morgan fingerprint density at radius 2 is 2.04 bits per heavy atom. The summed E-state index contributed by atoms with van der Waals surface area (Å²) >= 11 is 0. The number of benzene rings is 2. The molecule has 0 radical (unpaired) electrons. The molecule has 0 amide bonds. The Morgan fingerprint density at radius 3 is 2.81 bits per heavy atom. The third kappa shape index (κ3) is 3.86. The fourth-order valence-electron chi connectivity index (χ4n) is 3.28. The number of nitrogens with zero attached hydrogens (tertiary/aromatic N) is 1. The summed E-state index contributed by atoms with van der Waals surface area (Å²) in [6.45, 7) is 1.34. The number of anilines is 1. The van der Waals surface area contributed by atoms with Crippen LogP contribution in [0.15, 0.2) is 48.5 Å². The third-order valence-corrected chi connectivity index (χ3v) is 4.84. The van der Waals surface area contributed by atoms with Crippen LogP contribution >= 0.6 is 0 Å². The van der Waals surface area contributed by atoms with Crippen LogP contribution in [0.25, 0.3) is 22.2 Å². The van der Waals surface area contributed by atoms with Gasteiger partial charge in [0.1, 0.15) is 5.82 Å². The second-order valence-corrected chi connectivity index (χ2v) is 6.98. The predicted molar refractivity (Wildman–Crippen MR) is 104 cm³/mol. The molecule has 4 rings (SSSR count). The molecular weight excluding hydrogens is 327 g/mol. The monoisotopic (exact) mass is 350 g/mol. The molecule has 0 unspecified atom stereocenters. The van der Waals surface area contributed by atoms with Crippen LogP contribution in [0.1, 0.15) is 18.4 Å². The van der Waals surface area contributed by atoms with Gasteiger partial charge in [-0.3, -0.25) is 0 Å². The average molecular weight is 350 g/mol. The van der Waals surface area contributed by atoms with Gasteiger partial charge in [-0.15, -0.1) is 0 Å². The van der Waals surface area contributed by atoms with Crippen LogP contribution in [-0.4, -0.2) is 25.2 Å². The SMILES string of the molecule is COCCNc1cc(-c2cccc(F)c2)nc2ccc(CC3CC3)cc12. The molecule has 3 aromatic rings. The van der Waals surface area contributed by atoms with Gasteiger partial charge in [0.2, 0.25) is 0 Å². The first-order valence-corrected chi connectivity index (χ1v) is 9.15. The van der Waals surface area contributed by atoms with E-state index in [1.54, 1.807) is 13.2 Å². The first kappa shape index (κ1) is 17.0. The van der Waals surface area contributed by atoms with Crippen LogP contribution in [0.5, 0.6) is 0 Å². The van der Waals surface area contributed by atoms with E-state index < -0.39 is 0 Å². The van der Waals surface area contributed by atoms with Crippen LogP contribution in [0.2, 0.25) is 0 Å². The van der Waals surface area contributed by atoms with E-state index in [1.807, 2.05) is 12.1 Å². The highest BCUT2D eigenvalue weighted by atomic mass is 19.1. The van der Waals surface area contributed by atoms with E-state index in [4.69, 9.17) is 9.72 Å². The molecule has 0 spiro atoms. The highest BCUT2D eigenvalue weighted by Gasteiger charge is 2.21. The molecule has 0 atom stereocenters. The van der Waals surface area contributed by atoms with E-state index in [0.717, 1.165) is 40.2 Å². The molecule has 1 aromatic heterocycles. The lowest BCUT2D eigenvalue weighted by atomic mass is 10.0. The van der Waals surface area contributed by atoms with Gasteiger partial charge in [0.15, 0.2) is 0 Å². The Balaban J connectivity index is 1.76. The van der Waals surface area contributed by atoms with Crippen LogP contribution < -0.4 is 5.32 Å². The van der Waals surface area contributed by atoms with Crippen molar-refractivity contribution in [2.45, 2.75) is 19.3 Å². The summed E-state index contributed by atoms with van der Waals surface area (Å²) in [6.07, 6.45) is 3.82. The van der Waals surface area contributed by atoms with E-state index in [2.05, 4.69) is 23.5 Å². The van der Waals surface area contributed by atoms with Crippen molar-refractivity contribution in [3.8, 4) is 11.3 Å². The summed E-state index contributed by atoms with van der Waals surface area (Å²) in [5.74, 6) is 0.593. The molecule has 2 aromatic carbocycles. The first-order chi connectivity index (χ1) is 12.7. The van der Waals surface area contributed by atoms with Gasteiger partial charge >= 0.3 is 0 Å². The number of ether oxygens (including phenoxy) is 1. The zero-order valence-electron chi connectivity index (χ0n) is 15.0. The van der Waals surface area contributed by atoms with Crippen molar-refractivity contribution in [2.24, 2.45) is 5.92 Å². The first-order valence-electron chi connectivity index (χ1n) is 9.15. The highest BCUT2D eigenvalue weighted by Crippen LogP contribution is 2.35. The fraction of sp³-hybridized carbons (Fsp3) is 0.318. The molecule has 0 aliphatic heterocycles. The summed E-state index contributed by atoms with van der Waals surface area (Å²) in [5, 5.41) is 4.56. The van der Waals surface area contributed by atoms with Crippen LogP contribution in [0, 0.1) is 11.7 Å². The fourth-order valence-corrected chi connectivity index (χ4v) is 3.28. The Bertz CT molecular complexity index is 921. The molecule has 1 N–H and O–H groups in total. The van der Waals surface area contributed by atoms with E-state index >= 15 is 0 Å². The lowest BCUT2D eigenvalue weighted by Gasteiger charge is -2.13. The molecule has 0 bridgehead atoms. The standard InChI is InChI=1S/C22H23FN2O/c1-26-10-9-24-22-14-21(17-3-2-4-18(23)13-17)25-20-8-7-16(12-19(20)22)11-15-5-6-15/h2-4,7-8,12-15H,5-6,9-11H2,1H3,(H,24,25). The van der Waals surface area contributed by atoms with Crippen molar-refractivity contribution >= 4 is 16.6 Å². The predicted octanol–water partition coefficient (Wildman–Crippen LogP) is 5.05. The van der Waals surface area contributed by atoms with E-state index in [1.165, 1.54) is 30.5 Å². The van der Waals surface area contributed by atoms with Crippen molar-refractivity contribution in [3.63, 3.8) is 0 Å². The maximum atomic E-state index is 13.6. The summed E-state index contributed by atoms with van der Waals surface area (Å²) < 4.78 is 18.8. The largest absolute Gasteiger partial charge is 0.383 e. The zero-order chi connectivity index (χ0) is 17.9. The van der Waals surface area contributed by atoms with Crippen molar-refractivity contribution in [1.29, 1.82) is 0 Å². The molecule has 3 nitrogen and oxygen atoms in total. The van der Waals surface area contributed by atoms with Gasteiger partial charge in [-0.05, 0) is 61.1 Å². The molecule has 4 heteroatoms. The minimum Gasteiger partial charge on any atom is -0.383 e. The molecule has 0 saturated heterocycles. The smallest absolute Gasteiger partial charge is 0.123 e. The van der Waals surface area contributed by atoms with Gasteiger partial charge < -0.3 is 10.1 Å². The lowest BCUT2D eigenvalue weighted by Crippen LogP contribution is -2.08. The molecule has 134 valence electrons. The second kappa shape index (κ2) is 7.42. The Hall–Kier alpha value is -2.46. The zero-order valence-corrected chi connectivity index (χ0v) is 15.0. The summed E-state index contributed by atoms with van der Waals surface area (Å²) in [7, 11) is 1.69. The summed E-state index contributed by atoms with van der Waals surface area (Å²) in [6, 6.07) is 15.1. The number of hydrogen-bond donors (Lipinski definition) is 1. The molecule has 1 fully saturated rings. The van der Waals surface area contributed by atoms with Gasteiger partial charge in [0, 0.05) is 30.3 Å². The quantitative estimate of drug-likeness (QED) is 0.605. The number of nitrogens with one attached hydrogen (secondary N) is 1. The third-order valence-electron chi connectivity index (χ3n) is 4.84. The van der Waals surface area contributed by atoms with Crippen molar-refractivity contribution in [3.05, 3.63) is 59.9 Å². The van der Waals surface area contributed by atoms with E-state index in [9.17, 15) is 4.39 Å². The minimum absolute atomic E-state index is 0.252. The Morgan fingerprint density at radius 1 is 1.15 bits per heavy atom. The number of methoxy groups -OCH3 is 1. The lowest BCUT2D eigenvalue weighted by molar-refractivity contribution is 0.211. The topological polar surface area (TPSA) is 34.1 Å². The van der Waals surface area contributed by atoms with E-state index in [-0.39, 0.29) is 5.82 Å². The van der Waals surface area contributed by atoms with Crippen molar-refractivity contribution in [1.82, 2.24) is 4.98 Å². The minimum atomic E-state index is -0.252. The van der Waals surface area contributed by atoms with Gasteiger partial charge in [0.05, 0.1) is 17.8 Å². The number of hydrogen-bond acceptors (Lipinski definition) is 3. The molecule has 1 saturated carbocycles. The molecule has 1 aliphatic rings. The maximum absolute atomic E-state index is 13.6. The number of fused-ring (bicyclic) bond motifs is 1. The highest BCUT2D eigenvalue weighted by molar-refractivity contribution is 5.94. The van der Waals surface area contributed by atoms with Gasteiger partial charge in [0.25, 0.3) is 0 Å². The van der Waals surface area contributed by atoms with Crippen LogP contribution in [0.3, 0.4) is 0 Å². The number of aromatic nitrogens is 1. The summed E-state index contributed by atoms with van der Waals surface area (Å²) in [4.78, 5) is 4.77. The van der Waals surface area contributed by atoms with Gasteiger partial charge in [-0.25, -0.2) is 9.37 Å². The summed E-state index contributed by atoms with van der Waals surface area (Å²) in [5.41, 5.74) is 4.85. The van der Waals surface area contributed by atoms with Crippen molar-refractivity contribution in [2.75, 3.05) is 25.6 Å². The number of rotatable bonds is 7. The van der Waals surface area contributed by atoms with Crippen LogP contribution in [0.4, 0.5) is 10.1 Å². The van der Waals surface area contributed by atoms with E-state index in [0.29, 0.717) is 13.2 Å². The van der Waals surface area contributed by atoms with Gasteiger partial charge in [-0.1, -0.05) is 18.2 Å². The second-order valence-electron chi connectivity index (χ2n) is 6.98. The Kier molecular flexibility index (Phi) is 4.85. The van der Waals surface area contributed by atoms with Crippen LogP contribution in [-0.2, 0) is 11.2 Å².